The fourth-order valence-corrected chi connectivity index (χ4v) is 4.51. The maximum absolute atomic E-state index is 13.0. The molecule has 2 aromatic carbocycles. The highest BCUT2D eigenvalue weighted by Gasteiger charge is 2.42. The van der Waals surface area contributed by atoms with Gasteiger partial charge in [-0.1, -0.05) is 42.5 Å². The molecule has 27 heavy (non-hydrogen) atoms. The number of nitrogens with one attached hydrogen (secondary N) is 1. The highest BCUT2D eigenvalue weighted by Crippen LogP contribution is 2.46. The molecule has 0 aromatic heterocycles. The quantitative estimate of drug-likeness (QED) is 0.708. The molecule has 2 atom stereocenters. The van der Waals surface area contributed by atoms with Crippen LogP contribution in [-0.4, -0.2) is 28.1 Å². The zero-order chi connectivity index (χ0) is 19.3. The van der Waals surface area contributed by atoms with E-state index >= 15 is 0 Å². The van der Waals surface area contributed by atoms with Crippen LogP contribution in [0.25, 0.3) is 0 Å². The van der Waals surface area contributed by atoms with Gasteiger partial charge < -0.3 is 4.89 Å². The van der Waals surface area contributed by atoms with Crippen molar-refractivity contribution >= 4 is 13.4 Å². The Bertz CT molecular complexity index is 816. The van der Waals surface area contributed by atoms with Crippen molar-refractivity contribution in [2.75, 3.05) is 6.54 Å². The van der Waals surface area contributed by atoms with E-state index in [0.29, 0.717) is 24.9 Å². The first kappa shape index (κ1) is 19.7. The zero-order valence-corrected chi connectivity index (χ0v) is 15.6. The number of amides is 1. The van der Waals surface area contributed by atoms with Crippen LogP contribution in [0.1, 0.15) is 24.0 Å². The van der Waals surface area contributed by atoms with Crippen molar-refractivity contribution in [2.24, 2.45) is 0 Å². The molecular weight excluding hydrogens is 370 g/mol. The summed E-state index contributed by atoms with van der Waals surface area (Å²) in [5, 5.41) is 3.76. The van der Waals surface area contributed by atoms with Crippen LogP contribution in [0.5, 0.6) is 0 Å². The summed E-state index contributed by atoms with van der Waals surface area (Å²) in [5.74, 6) is -0.866. The number of nitrogens with zero attached hydrogens (tertiary/aromatic N) is 1. The van der Waals surface area contributed by atoms with Crippen LogP contribution in [0.4, 0.5) is 4.39 Å². The van der Waals surface area contributed by atoms with Gasteiger partial charge in [-0.3, -0.25) is 14.2 Å². The number of halogens is 1. The first-order valence-corrected chi connectivity index (χ1v) is 10.5. The molecule has 6 nitrogen and oxygen atoms in total. The third kappa shape index (κ3) is 5.23. The normalized spacial score (nSPS) is 19.7. The predicted octanol–water partition coefficient (Wildman–Crippen LogP) is 3.22. The number of hydrogen-bond acceptors (Lipinski definition) is 3. The molecule has 1 aliphatic rings. The molecule has 1 aliphatic heterocycles. The minimum Gasteiger partial charge on any atom is -0.333 e. The molecule has 8 heteroatoms. The van der Waals surface area contributed by atoms with E-state index in [0.717, 1.165) is 5.56 Å². The molecule has 1 heterocycles. The third-order valence-electron chi connectivity index (χ3n) is 4.44. The van der Waals surface area contributed by atoms with Crippen LogP contribution in [0.2, 0.25) is 0 Å². The molecule has 2 aromatic rings. The second kappa shape index (κ2) is 8.76. The summed E-state index contributed by atoms with van der Waals surface area (Å²) < 4.78 is 25.7. The van der Waals surface area contributed by atoms with Gasteiger partial charge in [0.1, 0.15) is 18.1 Å². The second-order valence-corrected chi connectivity index (χ2v) is 8.63. The van der Waals surface area contributed by atoms with Crippen molar-refractivity contribution in [3.05, 3.63) is 71.5 Å². The van der Waals surface area contributed by atoms with Crippen molar-refractivity contribution in [1.82, 2.24) is 10.2 Å². The summed E-state index contributed by atoms with van der Waals surface area (Å²) in [5.41, 5.74) is 0.516. The number of piperidine rings is 1. The SMILES string of the molecule is O=C1C(P(=O)(O)NCc2ccc(F)cc2)CCCN1OCc1ccccc1. The molecule has 144 valence electrons. The van der Waals surface area contributed by atoms with Crippen LogP contribution in [0, 0.1) is 5.82 Å². The summed E-state index contributed by atoms with van der Waals surface area (Å²) in [4.78, 5) is 28.6. The minimum atomic E-state index is -3.95. The van der Waals surface area contributed by atoms with Gasteiger partial charge >= 0.3 is 0 Å². The minimum absolute atomic E-state index is 0.0721. The van der Waals surface area contributed by atoms with E-state index in [4.69, 9.17) is 4.84 Å². The largest absolute Gasteiger partial charge is 0.333 e. The Hall–Kier alpha value is -2.05. The van der Waals surface area contributed by atoms with Crippen LogP contribution in [0.15, 0.2) is 54.6 Å². The summed E-state index contributed by atoms with van der Waals surface area (Å²) in [7, 11) is -3.95. The lowest BCUT2D eigenvalue weighted by Crippen LogP contribution is -2.45. The Morgan fingerprint density at radius 3 is 2.56 bits per heavy atom. The third-order valence-corrected chi connectivity index (χ3v) is 6.38. The van der Waals surface area contributed by atoms with Gasteiger partial charge in [0.05, 0.1) is 0 Å². The number of carbonyl (C=O) groups is 1. The number of carbonyl (C=O) groups excluding carboxylic acids is 1. The molecule has 0 bridgehead atoms. The summed E-state index contributed by atoms with van der Waals surface area (Å²) in [6, 6.07) is 15.0. The maximum Gasteiger partial charge on any atom is 0.279 e. The Kier molecular flexibility index (Phi) is 6.39. The van der Waals surface area contributed by atoms with Crippen LogP contribution in [-0.2, 0) is 27.3 Å². The number of benzene rings is 2. The van der Waals surface area contributed by atoms with Gasteiger partial charge in [0.2, 0.25) is 0 Å². The molecule has 0 spiro atoms. The first-order chi connectivity index (χ1) is 13.0. The van der Waals surface area contributed by atoms with Gasteiger partial charge in [-0.05, 0) is 36.1 Å². The fourth-order valence-electron chi connectivity index (χ4n) is 2.92. The molecular formula is C19H22FN2O4P. The molecule has 3 rings (SSSR count). The summed E-state index contributed by atoms with van der Waals surface area (Å²) in [6.45, 7) is 0.681. The van der Waals surface area contributed by atoms with Crippen molar-refractivity contribution in [1.29, 1.82) is 0 Å². The smallest absolute Gasteiger partial charge is 0.279 e. The van der Waals surface area contributed by atoms with E-state index < -0.39 is 19.1 Å². The van der Waals surface area contributed by atoms with E-state index in [1.54, 1.807) is 0 Å². The van der Waals surface area contributed by atoms with E-state index in [2.05, 4.69) is 5.09 Å². The van der Waals surface area contributed by atoms with Crippen LogP contribution < -0.4 is 5.09 Å². The van der Waals surface area contributed by atoms with E-state index in [1.165, 1.54) is 29.3 Å². The molecule has 2 N–H and O–H groups in total. The number of hydroxylamine groups is 2. The lowest BCUT2D eigenvalue weighted by atomic mass is 10.1. The number of rotatable bonds is 7. The highest BCUT2D eigenvalue weighted by atomic mass is 31.2. The molecule has 0 aliphatic carbocycles. The van der Waals surface area contributed by atoms with Crippen molar-refractivity contribution in [2.45, 2.75) is 31.7 Å². The summed E-state index contributed by atoms with van der Waals surface area (Å²) in [6.07, 6.45) is 0.891. The van der Waals surface area contributed by atoms with E-state index in [-0.39, 0.29) is 19.0 Å². The first-order valence-electron chi connectivity index (χ1n) is 8.76. The average Bonchev–Trinajstić information content (AvgIpc) is 2.67. The van der Waals surface area contributed by atoms with Gasteiger partial charge in [0.25, 0.3) is 13.4 Å². The fraction of sp³-hybridized carbons (Fsp3) is 0.316. The Balaban J connectivity index is 1.59. The lowest BCUT2D eigenvalue weighted by molar-refractivity contribution is -0.196. The molecule has 1 amide bonds. The van der Waals surface area contributed by atoms with Crippen LogP contribution in [0.3, 0.4) is 0 Å². The van der Waals surface area contributed by atoms with Crippen molar-refractivity contribution in [3.63, 3.8) is 0 Å². The Labute approximate surface area is 157 Å². The van der Waals surface area contributed by atoms with Crippen LogP contribution >= 0.6 is 7.52 Å². The average molecular weight is 392 g/mol. The monoisotopic (exact) mass is 392 g/mol. The molecule has 1 fully saturated rings. The van der Waals surface area contributed by atoms with Gasteiger partial charge in [-0.2, -0.15) is 0 Å². The van der Waals surface area contributed by atoms with E-state index in [1.807, 2.05) is 30.3 Å². The van der Waals surface area contributed by atoms with E-state index in [9.17, 15) is 18.6 Å². The molecule has 0 saturated carbocycles. The standard InChI is InChI=1S/C19H22FN2O4P/c20-17-10-8-15(9-11-17)13-21-27(24,25)18-7-4-12-22(19(18)23)26-14-16-5-2-1-3-6-16/h1-3,5-6,8-11,18H,4,7,12-14H2,(H2,21,24,25). The molecule has 1 saturated heterocycles. The van der Waals surface area contributed by atoms with Gasteiger partial charge in [-0.25, -0.2) is 14.5 Å². The van der Waals surface area contributed by atoms with Crippen molar-refractivity contribution in [3.8, 4) is 0 Å². The Morgan fingerprint density at radius 1 is 1.15 bits per heavy atom. The zero-order valence-electron chi connectivity index (χ0n) is 14.8. The molecule has 0 radical (unpaired) electrons. The molecule has 2 unspecified atom stereocenters. The summed E-state index contributed by atoms with van der Waals surface area (Å²) >= 11 is 0. The number of hydrogen-bond donors (Lipinski definition) is 2. The van der Waals surface area contributed by atoms with Gasteiger partial charge in [0.15, 0.2) is 0 Å². The van der Waals surface area contributed by atoms with Gasteiger partial charge in [-0.15, -0.1) is 0 Å². The van der Waals surface area contributed by atoms with Gasteiger partial charge in [0, 0.05) is 13.1 Å². The lowest BCUT2D eigenvalue weighted by Gasteiger charge is -2.33. The second-order valence-electron chi connectivity index (χ2n) is 6.44. The highest BCUT2D eigenvalue weighted by molar-refractivity contribution is 7.57. The van der Waals surface area contributed by atoms with Crippen molar-refractivity contribution < 1.29 is 23.5 Å². The Morgan fingerprint density at radius 2 is 1.85 bits per heavy atom. The maximum atomic E-state index is 13.0. The topological polar surface area (TPSA) is 78.9 Å². The predicted molar refractivity (Wildman–Crippen MR) is 99.0 cm³/mol.